The molecule has 106 valence electrons. The summed E-state index contributed by atoms with van der Waals surface area (Å²) in [7, 11) is 3.72. The molecule has 1 heterocycles. The van der Waals surface area contributed by atoms with Gasteiger partial charge in [-0.3, -0.25) is 4.90 Å². The molecule has 0 aliphatic carbocycles. The Bertz CT molecular complexity index is 407. The number of methoxy groups -OCH3 is 1. The summed E-state index contributed by atoms with van der Waals surface area (Å²) in [6.07, 6.45) is 0. The highest BCUT2D eigenvalue weighted by Crippen LogP contribution is 2.23. The molecule has 0 aromatic heterocycles. The Morgan fingerprint density at radius 1 is 1.47 bits per heavy atom. The lowest BCUT2D eigenvalue weighted by Crippen LogP contribution is -2.49. The van der Waals surface area contributed by atoms with Gasteiger partial charge in [0.2, 0.25) is 0 Å². The van der Waals surface area contributed by atoms with E-state index in [1.54, 1.807) is 7.11 Å². The molecule has 0 bridgehead atoms. The predicted molar refractivity (Wildman–Crippen MR) is 76.7 cm³/mol. The van der Waals surface area contributed by atoms with Crippen LogP contribution in [-0.2, 0) is 11.3 Å². The van der Waals surface area contributed by atoms with Crippen LogP contribution in [0.4, 0.5) is 0 Å². The zero-order chi connectivity index (χ0) is 13.7. The van der Waals surface area contributed by atoms with Crippen molar-refractivity contribution in [2.45, 2.75) is 19.5 Å². The highest BCUT2D eigenvalue weighted by Gasteiger charge is 2.23. The predicted octanol–water partition coefficient (Wildman–Crippen LogP) is 1.42. The first kappa shape index (κ1) is 14.3. The molecule has 0 spiro atoms. The van der Waals surface area contributed by atoms with Crippen LogP contribution in [0.15, 0.2) is 18.2 Å². The standard InChI is InChI=1S/C15H24N2O2/c1-12-4-5-15(18-3)13(8-12)10-17-6-7-19-11-14(17)9-16-2/h4-5,8,14,16H,6-7,9-11H2,1-3H3. The summed E-state index contributed by atoms with van der Waals surface area (Å²) in [6, 6.07) is 6.79. The van der Waals surface area contributed by atoms with E-state index < -0.39 is 0 Å². The van der Waals surface area contributed by atoms with Gasteiger partial charge < -0.3 is 14.8 Å². The molecule has 1 aliphatic heterocycles. The van der Waals surface area contributed by atoms with E-state index in [2.05, 4.69) is 35.3 Å². The van der Waals surface area contributed by atoms with Gasteiger partial charge in [0.1, 0.15) is 5.75 Å². The first-order valence-corrected chi connectivity index (χ1v) is 6.84. The Hall–Kier alpha value is -1.10. The summed E-state index contributed by atoms with van der Waals surface area (Å²) >= 11 is 0. The molecule has 1 aliphatic rings. The van der Waals surface area contributed by atoms with Crippen LogP contribution in [0.3, 0.4) is 0 Å². The van der Waals surface area contributed by atoms with Crippen molar-refractivity contribution in [1.29, 1.82) is 0 Å². The number of nitrogens with zero attached hydrogens (tertiary/aromatic N) is 1. The van der Waals surface area contributed by atoms with E-state index in [0.717, 1.165) is 38.6 Å². The minimum absolute atomic E-state index is 0.434. The molecule has 4 nitrogen and oxygen atoms in total. The van der Waals surface area contributed by atoms with Gasteiger partial charge in [0.25, 0.3) is 0 Å². The van der Waals surface area contributed by atoms with Crippen molar-refractivity contribution in [2.24, 2.45) is 0 Å². The molecule has 1 fully saturated rings. The molecular weight excluding hydrogens is 240 g/mol. The second kappa shape index (κ2) is 6.89. The summed E-state index contributed by atoms with van der Waals surface area (Å²) < 4.78 is 11.0. The van der Waals surface area contributed by atoms with Gasteiger partial charge in [-0.05, 0) is 20.0 Å². The fourth-order valence-electron chi connectivity index (χ4n) is 2.57. The quantitative estimate of drug-likeness (QED) is 0.872. The number of likely N-dealkylation sites (N-methyl/N-ethyl adjacent to an activating group) is 1. The van der Waals surface area contributed by atoms with Crippen LogP contribution in [0.25, 0.3) is 0 Å². The molecule has 19 heavy (non-hydrogen) atoms. The Morgan fingerprint density at radius 2 is 2.32 bits per heavy atom. The van der Waals surface area contributed by atoms with Gasteiger partial charge in [-0.15, -0.1) is 0 Å². The highest BCUT2D eigenvalue weighted by atomic mass is 16.5. The first-order chi connectivity index (χ1) is 9.24. The molecular formula is C15H24N2O2. The minimum Gasteiger partial charge on any atom is -0.496 e. The van der Waals surface area contributed by atoms with Gasteiger partial charge in [-0.2, -0.15) is 0 Å². The number of morpholine rings is 1. The summed E-state index contributed by atoms with van der Waals surface area (Å²) in [4.78, 5) is 2.47. The van der Waals surface area contributed by atoms with Gasteiger partial charge >= 0.3 is 0 Å². The number of rotatable bonds is 5. The van der Waals surface area contributed by atoms with Gasteiger partial charge in [-0.1, -0.05) is 17.7 Å². The number of ether oxygens (including phenoxy) is 2. The molecule has 1 saturated heterocycles. The van der Waals surface area contributed by atoms with Crippen LogP contribution in [0.1, 0.15) is 11.1 Å². The molecule has 0 amide bonds. The number of hydrogen-bond acceptors (Lipinski definition) is 4. The summed E-state index contributed by atoms with van der Waals surface area (Å²) in [6.45, 7) is 6.58. The van der Waals surface area contributed by atoms with Crippen molar-refractivity contribution in [3.8, 4) is 5.75 Å². The largest absolute Gasteiger partial charge is 0.496 e. The monoisotopic (exact) mass is 264 g/mol. The zero-order valence-electron chi connectivity index (χ0n) is 12.1. The lowest BCUT2D eigenvalue weighted by molar-refractivity contribution is -0.0106. The smallest absolute Gasteiger partial charge is 0.123 e. The van der Waals surface area contributed by atoms with Crippen LogP contribution in [0.2, 0.25) is 0 Å². The number of nitrogens with one attached hydrogen (secondary N) is 1. The fraction of sp³-hybridized carbons (Fsp3) is 0.600. The van der Waals surface area contributed by atoms with E-state index in [4.69, 9.17) is 9.47 Å². The fourth-order valence-corrected chi connectivity index (χ4v) is 2.57. The zero-order valence-corrected chi connectivity index (χ0v) is 12.1. The van der Waals surface area contributed by atoms with Crippen LogP contribution in [0, 0.1) is 6.92 Å². The van der Waals surface area contributed by atoms with E-state index in [9.17, 15) is 0 Å². The van der Waals surface area contributed by atoms with E-state index in [1.165, 1.54) is 11.1 Å². The van der Waals surface area contributed by atoms with Crippen LogP contribution in [0.5, 0.6) is 5.75 Å². The van der Waals surface area contributed by atoms with Crippen LogP contribution >= 0.6 is 0 Å². The average Bonchev–Trinajstić information content (AvgIpc) is 2.42. The molecule has 1 aromatic rings. The molecule has 1 atom stereocenters. The molecule has 0 radical (unpaired) electrons. The Balaban J connectivity index is 2.11. The topological polar surface area (TPSA) is 33.7 Å². The van der Waals surface area contributed by atoms with E-state index >= 15 is 0 Å². The molecule has 1 unspecified atom stereocenters. The van der Waals surface area contributed by atoms with Crippen LogP contribution in [-0.4, -0.2) is 51.4 Å². The van der Waals surface area contributed by atoms with Crippen molar-refractivity contribution in [3.05, 3.63) is 29.3 Å². The first-order valence-electron chi connectivity index (χ1n) is 6.84. The van der Waals surface area contributed by atoms with Crippen molar-refractivity contribution >= 4 is 0 Å². The summed E-state index contributed by atoms with van der Waals surface area (Å²) in [5, 5.41) is 3.24. The van der Waals surface area contributed by atoms with E-state index in [-0.39, 0.29) is 0 Å². The van der Waals surface area contributed by atoms with Gasteiger partial charge in [0, 0.05) is 31.2 Å². The highest BCUT2D eigenvalue weighted by molar-refractivity contribution is 5.36. The van der Waals surface area contributed by atoms with Crippen molar-refractivity contribution in [2.75, 3.05) is 40.5 Å². The van der Waals surface area contributed by atoms with E-state index in [0.29, 0.717) is 6.04 Å². The number of aryl methyl sites for hydroxylation is 1. The molecule has 1 aromatic carbocycles. The van der Waals surface area contributed by atoms with Gasteiger partial charge in [-0.25, -0.2) is 0 Å². The number of hydrogen-bond donors (Lipinski definition) is 1. The Morgan fingerprint density at radius 3 is 3.05 bits per heavy atom. The normalized spacial score (nSPS) is 20.5. The second-order valence-electron chi connectivity index (χ2n) is 5.07. The average molecular weight is 264 g/mol. The summed E-state index contributed by atoms with van der Waals surface area (Å²) in [5.74, 6) is 0.972. The maximum atomic E-state index is 5.57. The lowest BCUT2D eigenvalue weighted by atomic mass is 10.1. The van der Waals surface area contributed by atoms with Crippen molar-refractivity contribution < 1.29 is 9.47 Å². The maximum absolute atomic E-state index is 5.57. The third-order valence-electron chi connectivity index (χ3n) is 3.60. The minimum atomic E-state index is 0.434. The van der Waals surface area contributed by atoms with Crippen molar-refractivity contribution in [1.82, 2.24) is 10.2 Å². The molecule has 2 rings (SSSR count). The van der Waals surface area contributed by atoms with Gasteiger partial charge in [0.05, 0.1) is 20.3 Å². The Labute approximate surface area is 115 Å². The Kier molecular flexibility index (Phi) is 5.19. The third-order valence-corrected chi connectivity index (χ3v) is 3.60. The third kappa shape index (κ3) is 3.69. The SMILES string of the molecule is CNCC1COCCN1Cc1cc(C)ccc1OC. The van der Waals surface area contributed by atoms with E-state index in [1.807, 2.05) is 7.05 Å². The second-order valence-corrected chi connectivity index (χ2v) is 5.07. The summed E-state index contributed by atoms with van der Waals surface area (Å²) in [5.41, 5.74) is 2.53. The van der Waals surface area contributed by atoms with Crippen LogP contribution < -0.4 is 10.1 Å². The molecule has 1 N–H and O–H groups in total. The van der Waals surface area contributed by atoms with Gasteiger partial charge in [0.15, 0.2) is 0 Å². The molecule has 0 saturated carbocycles. The van der Waals surface area contributed by atoms with Crippen molar-refractivity contribution in [3.63, 3.8) is 0 Å². The molecule has 4 heteroatoms. The maximum Gasteiger partial charge on any atom is 0.123 e. The number of benzene rings is 1. The lowest BCUT2D eigenvalue weighted by Gasteiger charge is -2.35.